The summed E-state index contributed by atoms with van der Waals surface area (Å²) in [7, 11) is 0. The van der Waals surface area contributed by atoms with Gasteiger partial charge in [-0.05, 0) is 24.5 Å². The standard InChI is InChI=1S/C13H14Cl2N2/c14-12-4-1-3-10(13(12)15)9-17(8-2-7-16)11-5-6-11/h1,3-4,11H,2,5-6,8-9H2. The molecule has 1 fully saturated rings. The first-order chi connectivity index (χ1) is 8.22. The van der Waals surface area contributed by atoms with E-state index in [9.17, 15) is 0 Å². The smallest absolute Gasteiger partial charge is 0.0637 e. The Hall–Kier alpha value is -0.750. The third kappa shape index (κ3) is 3.35. The second-order valence-electron chi connectivity index (χ2n) is 4.32. The van der Waals surface area contributed by atoms with Crippen molar-refractivity contribution >= 4 is 23.2 Å². The highest BCUT2D eigenvalue weighted by Crippen LogP contribution is 2.31. The quantitative estimate of drug-likeness (QED) is 0.811. The molecule has 1 aromatic rings. The van der Waals surface area contributed by atoms with Crippen LogP contribution < -0.4 is 0 Å². The maximum absolute atomic E-state index is 8.66. The van der Waals surface area contributed by atoms with Crippen LogP contribution in [0.25, 0.3) is 0 Å². The van der Waals surface area contributed by atoms with Gasteiger partial charge in [-0.2, -0.15) is 5.26 Å². The minimum Gasteiger partial charge on any atom is -0.295 e. The summed E-state index contributed by atoms with van der Waals surface area (Å²) in [4.78, 5) is 2.32. The zero-order valence-electron chi connectivity index (χ0n) is 9.50. The van der Waals surface area contributed by atoms with Gasteiger partial charge in [0, 0.05) is 25.6 Å². The maximum Gasteiger partial charge on any atom is 0.0637 e. The molecule has 0 amide bonds. The van der Waals surface area contributed by atoms with Gasteiger partial charge in [-0.1, -0.05) is 35.3 Å². The van der Waals surface area contributed by atoms with Gasteiger partial charge in [0.25, 0.3) is 0 Å². The van der Waals surface area contributed by atoms with Gasteiger partial charge in [-0.25, -0.2) is 0 Å². The summed E-state index contributed by atoms with van der Waals surface area (Å²) >= 11 is 12.2. The van der Waals surface area contributed by atoms with E-state index in [0.717, 1.165) is 18.7 Å². The van der Waals surface area contributed by atoms with E-state index in [1.54, 1.807) is 6.07 Å². The molecule has 17 heavy (non-hydrogen) atoms. The van der Waals surface area contributed by atoms with E-state index >= 15 is 0 Å². The predicted molar refractivity (Wildman–Crippen MR) is 70.1 cm³/mol. The summed E-state index contributed by atoms with van der Waals surface area (Å²) in [5, 5.41) is 9.89. The average molecular weight is 269 g/mol. The normalized spacial score (nSPS) is 14.9. The fraction of sp³-hybridized carbons (Fsp3) is 0.462. The van der Waals surface area contributed by atoms with Crippen LogP contribution >= 0.6 is 23.2 Å². The number of benzene rings is 1. The predicted octanol–water partition coefficient (Wildman–Crippen LogP) is 3.87. The Morgan fingerprint density at radius 1 is 1.35 bits per heavy atom. The van der Waals surface area contributed by atoms with Crippen LogP contribution in [-0.4, -0.2) is 17.5 Å². The van der Waals surface area contributed by atoms with Crippen molar-refractivity contribution in [2.45, 2.75) is 31.8 Å². The molecular formula is C13H14Cl2N2. The van der Waals surface area contributed by atoms with Crippen LogP contribution in [-0.2, 0) is 6.54 Å². The molecule has 0 aromatic heterocycles. The molecule has 0 aliphatic heterocycles. The zero-order chi connectivity index (χ0) is 12.3. The lowest BCUT2D eigenvalue weighted by Crippen LogP contribution is -2.26. The van der Waals surface area contributed by atoms with E-state index in [0.29, 0.717) is 22.5 Å². The monoisotopic (exact) mass is 268 g/mol. The summed E-state index contributed by atoms with van der Waals surface area (Å²) in [5.41, 5.74) is 1.05. The molecule has 0 unspecified atom stereocenters. The topological polar surface area (TPSA) is 27.0 Å². The Bertz CT molecular complexity index is 436. The van der Waals surface area contributed by atoms with Gasteiger partial charge in [-0.15, -0.1) is 0 Å². The summed E-state index contributed by atoms with van der Waals surface area (Å²) in [6.07, 6.45) is 3.02. The molecule has 0 N–H and O–H groups in total. The van der Waals surface area contributed by atoms with Crippen molar-refractivity contribution in [1.29, 1.82) is 5.26 Å². The number of halogens is 2. The molecule has 1 aliphatic rings. The van der Waals surface area contributed by atoms with Gasteiger partial charge in [-0.3, -0.25) is 4.90 Å². The van der Waals surface area contributed by atoms with Crippen LogP contribution in [0.2, 0.25) is 10.0 Å². The summed E-state index contributed by atoms with van der Waals surface area (Å²) in [6.45, 7) is 1.59. The van der Waals surface area contributed by atoms with Crippen LogP contribution in [0.3, 0.4) is 0 Å². The van der Waals surface area contributed by atoms with Crippen molar-refractivity contribution in [2.75, 3.05) is 6.54 Å². The minimum absolute atomic E-state index is 0.564. The average Bonchev–Trinajstić information content (AvgIpc) is 3.14. The number of nitrogens with zero attached hydrogens (tertiary/aromatic N) is 2. The molecule has 90 valence electrons. The van der Waals surface area contributed by atoms with Crippen LogP contribution in [0.5, 0.6) is 0 Å². The Morgan fingerprint density at radius 2 is 2.12 bits per heavy atom. The van der Waals surface area contributed by atoms with Gasteiger partial charge in [0.1, 0.15) is 0 Å². The lowest BCUT2D eigenvalue weighted by Gasteiger charge is -2.21. The molecule has 0 bridgehead atoms. The van der Waals surface area contributed by atoms with Gasteiger partial charge < -0.3 is 0 Å². The highest BCUT2D eigenvalue weighted by atomic mass is 35.5. The van der Waals surface area contributed by atoms with Crippen LogP contribution in [0.15, 0.2) is 18.2 Å². The molecule has 1 aromatic carbocycles. The first kappa shape index (κ1) is 12.7. The van der Waals surface area contributed by atoms with Crippen molar-refractivity contribution < 1.29 is 0 Å². The molecule has 0 atom stereocenters. The van der Waals surface area contributed by atoms with Crippen molar-refractivity contribution in [3.05, 3.63) is 33.8 Å². The lowest BCUT2D eigenvalue weighted by atomic mass is 10.2. The largest absolute Gasteiger partial charge is 0.295 e. The molecule has 0 heterocycles. The maximum atomic E-state index is 8.66. The molecule has 2 nitrogen and oxygen atoms in total. The summed E-state index contributed by atoms with van der Waals surface area (Å²) in [6, 6.07) is 8.52. The number of rotatable bonds is 5. The number of hydrogen-bond donors (Lipinski definition) is 0. The zero-order valence-corrected chi connectivity index (χ0v) is 11.0. The number of hydrogen-bond acceptors (Lipinski definition) is 2. The Kier molecular flexibility index (Phi) is 4.28. The third-order valence-electron chi connectivity index (χ3n) is 2.98. The molecule has 1 saturated carbocycles. The lowest BCUT2D eigenvalue weighted by molar-refractivity contribution is 0.261. The molecule has 1 aliphatic carbocycles. The van der Waals surface area contributed by atoms with Gasteiger partial charge in [0.15, 0.2) is 0 Å². The molecule has 4 heteroatoms. The Balaban J connectivity index is 2.06. The van der Waals surface area contributed by atoms with E-state index in [1.807, 2.05) is 12.1 Å². The van der Waals surface area contributed by atoms with Crippen molar-refractivity contribution in [3.8, 4) is 6.07 Å². The first-order valence-corrected chi connectivity index (χ1v) is 6.52. The molecule has 2 rings (SSSR count). The Morgan fingerprint density at radius 3 is 2.76 bits per heavy atom. The summed E-state index contributed by atoms with van der Waals surface area (Å²) in [5.74, 6) is 0. The van der Waals surface area contributed by atoms with Crippen LogP contribution in [0.4, 0.5) is 0 Å². The van der Waals surface area contributed by atoms with Crippen LogP contribution in [0.1, 0.15) is 24.8 Å². The highest BCUT2D eigenvalue weighted by Gasteiger charge is 2.28. The third-order valence-corrected chi connectivity index (χ3v) is 3.84. The molecule has 0 saturated heterocycles. The number of nitriles is 1. The first-order valence-electron chi connectivity index (χ1n) is 5.76. The van der Waals surface area contributed by atoms with Crippen molar-refractivity contribution in [1.82, 2.24) is 4.90 Å². The Labute approximate surface area is 112 Å². The van der Waals surface area contributed by atoms with Gasteiger partial charge in [0.05, 0.1) is 16.1 Å². The fourth-order valence-corrected chi connectivity index (χ4v) is 2.29. The molecular weight excluding hydrogens is 255 g/mol. The van der Waals surface area contributed by atoms with Crippen molar-refractivity contribution in [2.24, 2.45) is 0 Å². The highest BCUT2D eigenvalue weighted by molar-refractivity contribution is 6.42. The second-order valence-corrected chi connectivity index (χ2v) is 5.11. The SMILES string of the molecule is N#CCCN(Cc1cccc(Cl)c1Cl)C1CC1. The minimum atomic E-state index is 0.564. The van der Waals surface area contributed by atoms with E-state index in [-0.39, 0.29) is 0 Å². The van der Waals surface area contributed by atoms with E-state index in [1.165, 1.54) is 12.8 Å². The van der Waals surface area contributed by atoms with Crippen LogP contribution in [0, 0.1) is 11.3 Å². The van der Waals surface area contributed by atoms with Gasteiger partial charge in [0.2, 0.25) is 0 Å². The second kappa shape index (κ2) is 5.73. The van der Waals surface area contributed by atoms with Crippen molar-refractivity contribution in [3.63, 3.8) is 0 Å². The van der Waals surface area contributed by atoms with E-state index in [2.05, 4.69) is 11.0 Å². The molecule has 0 radical (unpaired) electrons. The van der Waals surface area contributed by atoms with E-state index in [4.69, 9.17) is 28.5 Å². The molecule has 0 spiro atoms. The fourth-order valence-electron chi connectivity index (χ4n) is 1.91. The summed E-state index contributed by atoms with van der Waals surface area (Å²) < 4.78 is 0. The van der Waals surface area contributed by atoms with E-state index < -0.39 is 0 Å². The van der Waals surface area contributed by atoms with Gasteiger partial charge >= 0.3 is 0 Å².